The van der Waals surface area contributed by atoms with Gasteiger partial charge in [0.1, 0.15) is 5.60 Å². The molecule has 3 N–H and O–H groups in total. The minimum atomic E-state index is -1.40. The van der Waals surface area contributed by atoms with Gasteiger partial charge in [0, 0.05) is 42.4 Å². The van der Waals surface area contributed by atoms with E-state index in [0.29, 0.717) is 18.7 Å². The van der Waals surface area contributed by atoms with Crippen molar-refractivity contribution in [1.29, 1.82) is 0 Å². The number of nitrogens with one attached hydrogen (secondary N) is 1. The Hall–Kier alpha value is -3.20. The number of nitrogens with zero attached hydrogens (tertiary/aromatic N) is 3. The normalized spacial score (nSPS) is 14.0. The van der Waals surface area contributed by atoms with E-state index in [1.54, 1.807) is 29.8 Å². The van der Waals surface area contributed by atoms with Gasteiger partial charge in [0.2, 0.25) is 5.91 Å². The number of benzene rings is 1. The highest BCUT2D eigenvalue weighted by atomic mass is 32.1. The topological polar surface area (TPSA) is 108 Å². The highest BCUT2D eigenvalue weighted by Gasteiger charge is 2.23. The molecule has 7 nitrogen and oxygen atoms in total. The van der Waals surface area contributed by atoms with Crippen molar-refractivity contribution >= 4 is 27.5 Å². The fourth-order valence-corrected chi connectivity index (χ4v) is 4.91. The van der Waals surface area contributed by atoms with Crippen LogP contribution in [0, 0.1) is 5.92 Å². The summed E-state index contributed by atoms with van der Waals surface area (Å²) in [6, 6.07) is 13.5. The number of pyridine rings is 2. The van der Waals surface area contributed by atoms with Crippen LogP contribution in [0.5, 0.6) is 0 Å². The van der Waals surface area contributed by atoms with Crippen LogP contribution in [0.2, 0.25) is 0 Å². The number of aliphatic hydroxyl groups is 2. The van der Waals surface area contributed by atoms with Gasteiger partial charge in [-0.3, -0.25) is 14.8 Å². The monoisotopic (exact) mass is 476 g/mol. The van der Waals surface area contributed by atoms with E-state index < -0.39 is 12.2 Å². The van der Waals surface area contributed by atoms with Gasteiger partial charge in [0.15, 0.2) is 0 Å². The van der Waals surface area contributed by atoms with Gasteiger partial charge in [-0.2, -0.15) is 0 Å². The van der Waals surface area contributed by atoms with Crippen molar-refractivity contribution in [2.24, 2.45) is 5.92 Å². The second-order valence-corrected chi connectivity index (χ2v) is 9.64. The molecule has 1 aromatic carbocycles. The molecule has 176 valence electrons. The average molecular weight is 477 g/mol. The van der Waals surface area contributed by atoms with Gasteiger partial charge in [-0.05, 0) is 49.7 Å². The van der Waals surface area contributed by atoms with Gasteiger partial charge >= 0.3 is 0 Å². The molecule has 3 aromatic heterocycles. The molecule has 0 aliphatic carbocycles. The summed E-state index contributed by atoms with van der Waals surface area (Å²) in [5.74, 6) is -0.147. The van der Waals surface area contributed by atoms with Crippen LogP contribution < -0.4 is 5.32 Å². The molecule has 2 unspecified atom stereocenters. The number of aliphatic hydroxyl groups excluding tert-OH is 1. The number of amides is 1. The van der Waals surface area contributed by atoms with Crippen molar-refractivity contribution in [2.45, 2.75) is 32.8 Å². The number of hydrogen-bond donors (Lipinski definition) is 3. The fourth-order valence-electron chi connectivity index (χ4n) is 3.71. The van der Waals surface area contributed by atoms with E-state index in [1.807, 2.05) is 44.2 Å². The number of hydrogen-bond acceptors (Lipinski definition) is 7. The third kappa shape index (κ3) is 4.99. The summed E-state index contributed by atoms with van der Waals surface area (Å²) in [5, 5.41) is 23.5. The second kappa shape index (κ2) is 9.97. The first kappa shape index (κ1) is 23.9. The van der Waals surface area contributed by atoms with E-state index in [9.17, 15) is 15.0 Å². The standard InChI is InChI=1S/C26H28N4O3S/c1-4-27-25(32)16(2)11-23-30-21-13-18(17-8-9-22(29-14-17)26(3,33)15-31)12-19(24(21)34-23)20-7-5-6-10-28-20/h5-10,12-14,16,31,33H,4,11,15H2,1-3H3,(H,27,32). The molecule has 34 heavy (non-hydrogen) atoms. The maximum Gasteiger partial charge on any atom is 0.223 e. The Morgan fingerprint density at radius 2 is 2.00 bits per heavy atom. The van der Waals surface area contributed by atoms with Crippen molar-refractivity contribution in [1.82, 2.24) is 20.3 Å². The lowest BCUT2D eigenvalue weighted by Crippen LogP contribution is -2.29. The van der Waals surface area contributed by atoms with E-state index in [0.717, 1.165) is 37.6 Å². The van der Waals surface area contributed by atoms with E-state index in [4.69, 9.17) is 4.98 Å². The molecule has 0 fully saturated rings. The summed E-state index contributed by atoms with van der Waals surface area (Å²) in [5.41, 5.74) is 3.44. The Kier molecular flexibility index (Phi) is 7.02. The number of fused-ring (bicyclic) bond motifs is 1. The lowest BCUT2D eigenvalue weighted by molar-refractivity contribution is -0.124. The number of thiazole rings is 1. The molecule has 0 aliphatic heterocycles. The van der Waals surface area contributed by atoms with Crippen LogP contribution in [0.25, 0.3) is 32.6 Å². The van der Waals surface area contributed by atoms with Gasteiger partial charge in [0.05, 0.1) is 33.2 Å². The Morgan fingerprint density at radius 3 is 2.65 bits per heavy atom. The van der Waals surface area contributed by atoms with Crippen LogP contribution in [0.1, 0.15) is 31.5 Å². The number of rotatable bonds is 8. The molecular weight excluding hydrogens is 448 g/mol. The van der Waals surface area contributed by atoms with Gasteiger partial charge in [-0.25, -0.2) is 4.98 Å². The van der Waals surface area contributed by atoms with Gasteiger partial charge in [-0.1, -0.05) is 19.1 Å². The first-order valence-corrected chi connectivity index (χ1v) is 12.1. The average Bonchev–Trinajstić information content (AvgIpc) is 3.26. The highest BCUT2D eigenvalue weighted by molar-refractivity contribution is 7.19. The van der Waals surface area contributed by atoms with E-state index in [-0.39, 0.29) is 11.8 Å². The van der Waals surface area contributed by atoms with Crippen molar-refractivity contribution in [3.8, 4) is 22.4 Å². The zero-order valence-electron chi connectivity index (χ0n) is 19.4. The molecule has 1 amide bonds. The molecule has 8 heteroatoms. The number of carbonyl (C=O) groups is 1. The van der Waals surface area contributed by atoms with Crippen molar-refractivity contribution in [2.75, 3.05) is 13.2 Å². The molecule has 2 atom stereocenters. The smallest absolute Gasteiger partial charge is 0.223 e. The zero-order valence-corrected chi connectivity index (χ0v) is 20.3. The molecule has 0 radical (unpaired) electrons. The molecule has 0 saturated heterocycles. The Labute approximate surface area is 202 Å². The Morgan fingerprint density at radius 1 is 1.18 bits per heavy atom. The minimum absolute atomic E-state index is 0.0253. The van der Waals surface area contributed by atoms with Crippen LogP contribution in [0.3, 0.4) is 0 Å². The van der Waals surface area contributed by atoms with Crippen LogP contribution >= 0.6 is 11.3 Å². The van der Waals surface area contributed by atoms with E-state index >= 15 is 0 Å². The first-order valence-electron chi connectivity index (χ1n) is 11.2. The maximum absolute atomic E-state index is 12.2. The largest absolute Gasteiger partial charge is 0.393 e. The molecule has 0 saturated carbocycles. The summed E-state index contributed by atoms with van der Waals surface area (Å²) >= 11 is 1.59. The van der Waals surface area contributed by atoms with Crippen molar-refractivity contribution in [3.05, 3.63) is 65.6 Å². The summed E-state index contributed by atoms with van der Waals surface area (Å²) in [6.45, 7) is 5.55. The summed E-state index contributed by atoms with van der Waals surface area (Å²) < 4.78 is 1.02. The first-order chi connectivity index (χ1) is 16.3. The van der Waals surface area contributed by atoms with Gasteiger partial charge < -0.3 is 15.5 Å². The number of aromatic nitrogens is 3. The second-order valence-electron chi connectivity index (χ2n) is 8.56. The zero-order chi connectivity index (χ0) is 24.3. The summed E-state index contributed by atoms with van der Waals surface area (Å²) in [6.07, 6.45) is 4.02. The fraction of sp³-hybridized carbons (Fsp3) is 0.308. The molecular formula is C26H28N4O3S. The van der Waals surface area contributed by atoms with E-state index in [1.165, 1.54) is 6.92 Å². The SMILES string of the molecule is CCNC(=O)C(C)Cc1nc2cc(-c3ccc(C(C)(O)CO)nc3)cc(-c3ccccn3)c2s1. The van der Waals surface area contributed by atoms with Crippen LogP contribution in [0.15, 0.2) is 54.9 Å². The Balaban J connectivity index is 1.77. The molecule has 4 aromatic rings. The van der Waals surface area contributed by atoms with Crippen LogP contribution in [0.4, 0.5) is 0 Å². The molecule has 4 rings (SSSR count). The maximum atomic E-state index is 12.2. The molecule has 0 spiro atoms. The Bertz CT molecular complexity index is 1290. The van der Waals surface area contributed by atoms with Gasteiger partial charge in [0.25, 0.3) is 0 Å². The van der Waals surface area contributed by atoms with Crippen molar-refractivity contribution < 1.29 is 15.0 Å². The predicted molar refractivity (Wildman–Crippen MR) is 134 cm³/mol. The molecule has 3 heterocycles. The predicted octanol–water partition coefficient (Wildman–Crippen LogP) is 3.93. The summed E-state index contributed by atoms with van der Waals surface area (Å²) in [4.78, 5) is 26.0. The third-order valence-corrected chi connectivity index (χ3v) is 6.84. The van der Waals surface area contributed by atoms with Crippen LogP contribution in [-0.2, 0) is 16.8 Å². The van der Waals surface area contributed by atoms with Gasteiger partial charge in [-0.15, -0.1) is 11.3 Å². The highest BCUT2D eigenvalue weighted by Crippen LogP contribution is 2.37. The molecule has 0 aliphatic rings. The van der Waals surface area contributed by atoms with Crippen molar-refractivity contribution in [3.63, 3.8) is 0 Å². The molecule has 0 bridgehead atoms. The summed E-state index contributed by atoms with van der Waals surface area (Å²) in [7, 11) is 0. The lowest BCUT2D eigenvalue weighted by atomic mass is 9.99. The quantitative estimate of drug-likeness (QED) is 0.356. The van der Waals surface area contributed by atoms with E-state index in [2.05, 4.69) is 21.4 Å². The number of carbonyl (C=O) groups excluding carboxylic acids is 1. The minimum Gasteiger partial charge on any atom is -0.393 e. The lowest BCUT2D eigenvalue weighted by Gasteiger charge is -2.19. The van der Waals surface area contributed by atoms with Crippen LogP contribution in [-0.4, -0.2) is 44.2 Å². The third-order valence-electron chi connectivity index (χ3n) is 5.71.